The number of aromatic nitrogens is 2. The Hall–Kier alpha value is -2.06. The summed E-state index contributed by atoms with van der Waals surface area (Å²) in [7, 11) is 0. The zero-order valence-corrected chi connectivity index (χ0v) is 18.1. The van der Waals surface area contributed by atoms with Crippen molar-refractivity contribution in [2.45, 2.75) is 57.6 Å². The second-order valence-electron chi connectivity index (χ2n) is 8.36. The van der Waals surface area contributed by atoms with Crippen molar-refractivity contribution in [2.24, 2.45) is 0 Å². The van der Waals surface area contributed by atoms with E-state index in [4.69, 9.17) is 15.2 Å². The smallest absolute Gasteiger partial charge is 0.184 e. The molecule has 7 nitrogen and oxygen atoms in total. The lowest BCUT2D eigenvalue weighted by molar-refractivity contribution is 0.0185. The Kier molecular flexibility index (Phi) is 6.10. The minimum atomic E-state index is -0.245. The second-order valence-corrected chi connectivity index (χ2v) is 8.89. The van der Waals surface area contributed by atoms with E-state index in [0.29, 0.717) is 24.3 Å². The summed E-state index contributed by atoms with van der Waals surface area (Å²) < 4.78 is 20.6. The van der Waals surface area contributed by atoms with E-state index in [-0.39, 0.29) is 5.60 Å². The molecule has 1 aromatic carbocycles. The Labute approximate surface area is 176 Å². The van der Waals surface area contributed by atoms with Crippen molar-refractivity contribution in [1.82, 2.24) is 13.6 Å². The number of nitrogens with two attached hydrogens (primary N) is 1. The van der Waals surface area contributed by atoms with Crippen LogP contribution in [0.4, 0.5) is 11.6 Å². The number of ether oxygens (including phenoxy) is 2. The number of para-hydroxylation sites is 1. The Morgan fingerprint density at radius 2 is 2.07 bits per heavy atom. The predicted octanol–water partition coefficient (Wildman–Crippen LogP) is 4.09. The van der Waals surface area contributed by atoms with Gasteiger partial charge in [-0.2, -0.15) is 8.75 Å². The molecule has 0 spiro atoms. The predicted molar refractivity (Wildman–Crippen MR) is 117 cm³/mol. The Balaban J connectivity index is 1.33. The first-order valence-electron chi connectivity index (χ1n) is 10.6. The van der Waals surface area contributed by atoms with Gasteiger partial charge in [0, 0.05) is 12.1 Å². The normalized spacial score (nSPS) is 20.8. The molecule has 4 rings (SSSR count). The van der Waals surface area contributed by atoms with Crippen LogP contribution in [-0.4, -0.2) is 45.5 Å². The number of unbranched alkanes of at least 4 members (excludes halogenated alkanes) is 1. The number of nitrogens with zero attached hydrogens (tertiary/aromatic N) is 3. The lowest BCUT2D eigenvalue weighted by Gasteiger charge is -2.38. The number of nitrogens with one attached hydrogen (secondary N) is 1. The topological polar surface area (TPSA) is 85.5 Å². The molecule has 1 fully saturated rings. The highest BCUT2D eigenvalue weighted by Crippen LogP contribution is 2.51. The summed E-state index contributed by atoms with van der Waals surface area (Å²) in [6, 6.07) is 6.61. The number of likely N-dealkylation sites (tertiary alicyclic amines) is 1. The lowest BCUT2D eigenvalue weighted by Crippen LogP contribution is -2.44. The van der Waals surface area contributed by atoms with E-state index in [2.05, 4.69) is 44.9 Å². The van der Waals surface area contributed by atoms with E-state index < -0.39 is 0 Å². The van der Waals surface area contributed by atoms with E-state index in [1.54, 1.807) is 0 Å². The first kappa shape index (κ1) is 20.2. The van der Waals surface area contributed by atoms with Crippen molar-refractivity contribution in [3.63, 3.8) is 0 Å². The van der Waals surface area contributed by atoms with Gasteiger partial charge in [0.2, 0.25) is 0 Å². The minimum Gasteiger partial charge on any atom is -0.490 e. The molecule has 3 heterocycles. The number of rotatable bonds is 8. The number of anilines is 2. The van der Waals surface area contributed by atoms with Gasteiger partial charge in [0.05, 0.1) is 24.4 Å². The summed E-state index contributed by atoms with van der Waals surface area (Å²) in [5.41, 5.74) is 6.75. The second kappa shape index (κ2) is 8.75. The van der Waals surface area contributed by atoms with E-state index in [1.807, 2.05) is 6.07 Å². The molecule has 0 radical (unpaired) electrons. The van der Waals surface area contributed by atoms with Crippen LogP contribution in [0.2, 0.25) is 0 Å². The third-order valence-electron chi connectivity index (χ3n) is 5.72. The molecule has 2 aliphatic heterocycles. The third-order valence-corrected chi connectivity index (χ3v) is 6.26. The molecule has 29 heavy (non-hydrogen) atoms. The van der Waals surface area contributed by atoms with Crippen molar-refractivity contribution in [1.29, 1.82) is 0 Å². The number of hydrogen-bond acceptors (Lipinski definition) is 8. The fourth-order valence-corrected chi connectivity index (χ4v) is 4.87. The molecule has 1 atom stereocenters. The van der Waals surface area contributed by atoms with Gasteiger partial charge >= 0.3 is 0 Å². The Morgan fingerprint density at radius 1 is 1.24 bits per heavy atom. The number of nitrogen functional groups attached to an aromatic ring is 1. The summed E-state index contributed by atoms with van der Waals surface area (Å²) in [6.07, 6.45) is 5.78. The Bertz CT molecular complexity index is 819. The molecule has 0 saturated carbocycles. The number of fused-ring (bicyclic) bond motifs is 1. The van der Waals surface area contributed by atoms with Crippen molar-refractivity contribution < 1.29 is 9.47 Å². The van der Waals surface area contributed by atoms with Crippen molar-refractivity contribution in [3.8, 4) is 11.5 Å². The van der Waals surface area contributed by atoms with Crippen molar-refractivity contribution in [3.05, 3.63) is 23.8 Å². The number of piperidine rings is 1. The van der Waals surface area contributed by atoms with E-state index >= 15 is 0 Å². The van der Waals surface area contributed by atoms with Gasteiger partial charge in [-0.05, 0) is 58.7 Å². The highest BCUT2D eigenvalue weighted by molar-refractivity contribution is 6.99. The van der Waals surface area contributed by atoms with Gasteiger partial charge < -0.3 is 20.5 Å². The van der Waals surface area contributed by atoms with Crippen molar-refractivity contribution >= 4 is 23.4 Å². The molecule has 2 aromatic rings. The van der Waals surface area contributed by atoms with Crippen molar-refractivity contribution in [2.75, 3.05) is 37.3 Å². The standard InChI is InChI=1S/C21H31N5O2S/c1-21(2)18(26-12-5-3-6-13-26)15-9-8-10-16(17(15)28-21)27-14-7-4-11-23-20-19(22)24-29-25-20/h8-10,18H,3-7,11-14H2,1-2H3,(H2,22,24)(H,23,25). The van der Waals surface area contributed by atoms with Gasteiger partial charge in [-0.15, -0.1) is 0 Å². The summed E-state index contributed by atoms with van der Waals surface area (Å²) >= 11 is 1.12. The van der Waals surface area contributed by atoms with Crippen LogP contribution in [-0.2, 0) is 0 Å². The van der Waals surface area contributed by atoms with Crippen LogP contribution in [0.5, 0.6) is 11.5 Å². The molecule has 3 N–H and O–H groups in total. The molecule has 1 unspecified atom stereocenters. The SMILES string of the molecule is CC1(C)Oc2c(OCCCCNc3nsnc3N)cccc2C1N1CCCCC1. The monoisotopic (exact) mass is 417 g/mol. The molecular weight excluding hydrogens is 386 g/mol. The highest BCUT2D eigenvalue weighted by atomic mass is 32.1. The van der Waals surface area contributed by atoms with Gasteiger partial charge in [-0.3, -0.25) is 4.90 Å². The summed E-state index contributed by atoms with van der Waals surface area (Å²) in [6.45, 7) is 8.14. The quantitative estimate of drug-likeness (QED) is 0.626. The maximum Gasteiger partial charge on any atom is 0.184 e. The van der Waals surface area contributed by atoms with Crippen LogP contribution in [0, 0.1) is 0 Å². The molecule has 2 aliphatic rings. The molecule has 0 amide bonds. The zero-order valence-electron chi connectivity index (χ0n) is 17.3. The van der Waals surface area contributed by atoms with Gasteiger partial charge in [0.1, 0.15) is 5.60 Å². The largest absolute Gasteiger partial charge is 0.490 e. The average molecular weight is 418 g/mol. The number of hydrogen-bond donors (Lipinski definition) is 2. The Morgan fingerprint density at radius 3 is 2.83 bits per heavy atom. The molecule has 1 saturated heterocycles. The summed E-state index contributed by atoms with van der Waals surface area (Å²) in [5, 5.41) is 3.21. The zero-order chi connectivity index (χ0) is 20.3. The molecule has 158 valence electrons. The molecule has 0 bridgehead atoms. The highest BCUT2D eigenvalue weighted by Gasteiger charge is 2.45. The van der Waals surface area contributed by atoms with Gasteiger partial charge in [0.15, 0.2) is 23.1 Å². The molecule has 0 aliphatic carbocycles. The van der Waals surface area contributed by atoms with Gasteiger partial charge in [-0.1, -0.05) is 18.6 Å². The average Bonchev–Trinajstić information content (AvgIpc) is 3.24. The molecule has 8 heteroatoms. The lowest BCUT2D eigenvalue weighted by atomic mass is 9.91. The molecule has 1 aromatic heterocycles. The first-order valence-corrected chi connectivity index (χ1v) is 11.3. The summed E-state index contributed by atoms with van der Waals surface area (Å²) in [5.74, 6) is 2.92. The van der Waals surface area contributed by atoms with E-state index in [9.17, 15) is 0 Å². The summed E-state index contributed by atoms with van der Waals surface area (Å²) in [4.78, 5) is 2.59. The van der Waals surface area contributed by atoms with Crippen LogP contribution >= 0.6 is 11.7 Å². The maximum absolute atomic E-state index is 6.42. The van der Waals surface area contributed by atoms with Crippen LogP contribution in [0.1, 0.15) is 57.6 Å². The molecular formula is C21H31N5O2S. The van der Waals surface area contributed by atoms with Crippen LogP contribution < -0.4 is 20.5 Å². The van der Waals surface area contributed by atoms with Crippen LogP contribution in [0.3, 0.4) is 0 Å². The first-order chi connectivity index (χ1) is 14.1. The van der Waals surface area contributed by atoms with Gasteiger partial charge in [-0.25, -0.2) is 0 Å². The minimum absolute atomic E-state index is 0.245. The maximum atomic E-state index is 6.42. The fourth-order valence-electron chi connectivity index (χ4n) is 4.41. The fraction of sp³-hybridized carbons (Fsp3) is 0.619. The third kappa shape index (κ3) is 4.43. The van der Waals surface area contributed by atoms with E-state index in [0.717, 1.165) is 55.7 Å². The van der Waals surface area contributed by atoms with E-state index in [1.165, 1.54) is 24.8 Å². The van der Waals surface area contributed by atoms with Crippen LogP contribution in [0.15, 0.2) is 18.2 Å². The number of benzene rings is 1. The van der Waals surface area contributed by atoms with Gasteiger partial charge in [0.25, 0.3) is 0 Å². The van der Waals surface area contributed by atoms with Crippen LogP contribution in [0.25, 0.3) is 0 Å².